The Hall–Kier alpha value is 1.93. The first-order chi connectivity index (χ1) is 6.98. The van der Waals surface area contributed by atoms with Crippen LogP contribution in [0, 0.1) is 0 Å². The van der Waals surface area contributed by atoms with Crippen LogP contribution in [-0.2, 0) is 15.5 Å². The quantitative estimate of drug-likeness (QED) is 0.348. The van der Waals surface area contributed by atoms with Crippen LogP contribution in [0.1, 0.15) is 27.7 Å². The third-order valence-corrected chi connectivity index (χ3v) is 13.1. The molecule has 0 bridgehead atoms. The Labute approximate surface area is 115 Å². The second-order valence-electron chi connectivity index (χ2n) is 3.25. The van der Waals surface area contributed by atoms with Crippen LogP contribution in [0.4, 0.5) is 0 Å². The van der Waals surface area contributed by atoms with Crippen molar-refractivity contribution >= 4 is 39.0 Å². The van der Waals surface area contributed by atoms with Crippen LogP contribution in [0.25, 0.3) is 0 Å². The zero-order chi connectivity index (χ0) is 12.1. The van der Waals surface area contributed by atoms with Gasteiger partial charge in [0.2, 0.25) is 0 Å². The van der Waals surface area contributed by atoms with Crippen molar-refractivity contribution in [1.82, 2.24) is 0 Å². The summed E-state index contributed by atoms with van der Waals surface area (Å²) in [5, 5.41) is 0. The van der Waals surface area contributed by atoms with Gasteiger partial charge in [-0.05, 0) is 0 Å². The Morgan fingerprint density at radius 2 is 1.27 bits per heavy atom. The third kappa shape index (κ3) is 3.96. The summed E-state index contributed by atoms with van der Waals surface area (Å²) in [5.74, 6) is 0. The maximum absolute atomic E-state index is 6.84. The SMILES string of the molecule is CCP(CC)C(Cl)([CH](Cl)[Ni])P(CC)CC. The molecule has 0 aromatic carbocycles. The van der Waals surface area contributed by atoms with E-state index in [4.69, 9.17) is 38.7 Å². The third-order valence-electron chi connectivity index (χ3n) is 2.67. The van der Waals surface area contributed by atoms with Crippen molar-refractivity contribution in [2.24, 2.45) is 0 Å². The van der Waals surface area contributed by atoms with Gasteiger partial charge in [0.15, 0.2) is 0 Å². The van der Waals surface area contributed by atoms with E-state index in [0.717, 1.165) is 24.6 Å². The first-order valence-electron chi connectivity index (χ1n) is 5.42. The standard InChI is InChI=1S/C10H21Cl2P2.Ni/c1-5-13(6-2)10(12,9-11)14(7-3)8-4;/h9H,5-8H2,1-4H3;. The summed E-state index contributed by atoms with van der Waals surface area (Å²) in [6.45, 7) is 8.85. The molecule has 0 saturated heterocycles. The zero-order valence-corrected chi connectivity index (χ0v) is 14.2. The molecule has 0 fully saturated rings. The van der Waals surface area contributed by atoms with Gasteiger partial charge in [0.05, 0.1) is 0 Å². The number of halogens is 2. The summed E-state index contributed by atoms with van der Waals surface area (Å²) in [6.07, 6.45) is 4.56. The molecule has 0 aliphatic carbocycles. The predicted octanol–water partition coefficient (Wildman–Crippen LogP) is 5.03. The normalized spacial score (nSPS) is 15.1. The molecule has 0 spiro atoms. The van der Waals surface area contributed by atoms with Crippen LogP contribution in [0.3, 0.4) is 0 Å². The molecule has 0 N–H and O–H groups in total. The van der Waals surface area contributed by atoms with Crippen molar-refractivity contribution in [1.29, 1.82) is 0 Å². The molecular formula is C10H21Cl2NiP2. The molecule has 0 aromatic heterocycles. The summed E-state index contributed by atoms with van der Waals surface area (Å²) in [5.41, 5.74) is 0. The fourth-order valence-electron chi connectivity index (χ4n) is 1.79. The van der Waals surface area contributed by atoms with Crippen LogP contribution < -0.4 is 0 Å². The average Bonchev–Trinajstić information content (AvgIpc) is 2.21. The van der Waals surface area contributed by atoms with Crippen LogP contribution >= 0.6 is 39.0 Å². The minimum atomic E-state index is -0.281. The van der Waals surface area contributed by atoms with E-state index in [1.807, 2.05) is 0 Å². The maximum atomic E-state index is 6.84. The van der Waals surface area contributed by atoms with Gasteiger partial charge in [0, 0.05) is 0 Å². The van der Waals surface area contributed by atoms with Gasteiger partial charge in [-0.15, -0.1) is 0 Å². The zero-order valence-electron chi connectivity index (χ0n) is 9.87. The van der Waals surface area contributed by atoms with Gasteiger partial charge in [-0.25, -0.2) is 0 Å². The summed E-state index contributed by atoms with van der Waals surface area (Å²) in [6, 6.07) is 0. The van der Waals surface area contributed by atoms with Crippen molar-refractivity contribution in [3.63, 3.8) is 0 Å². The van der Waals surface area contributed by atoms with E-state index >= 15 is 0 Å². The number of hydrogen-bond acceptors (Lipinski definition) is 0. The molecule has 0 aliphatic rings. The van der Waals surface area contributed by atoms with E-state index in [-0.39, 0.29) is 24.5 Å². The van der Waals surface area contributed by atoms with Crippen LogP contribution in [0.15, 0.2) is 0 Å². The first kappa shape index (κ1) is 16.9. The van der Waals surface area contributed by atoms with Crippen molar-refractivity contribution in [3.05, 3.63) is 0 Å². The summed E-state index contributed by atoms with van der Waals surface area (Å²) in [7, 11) is -0.447. The molecule has 0 radical (unpaired) electrons. The van der Waals surface area contributed by atoms with Crippen molar-refractivity contribution in [2.45, 2.75) is 36.4 Å². The van der Waals surface area contributed by atoms with Gasteiger partial charge in [-0.2, -0.15) is 0 Å². The molecule has 0 saturated carbocycles. The van der Waals surface area contributed by atoms with Crippen molar-refractivity contribution < 1.29 is 15.5 Å². The molecule has 95 valence electrons. The molecule has 0 rings (SSSR count). The first-order valence-corrected chi connectivity index (χ1v) is 10.2. The molecule has 0 nitrogen and oxygen atoms in total. The Morgan fingerprint density at radius 3 is 1.40 bits per heavy atom. The van der Waals surface area contributed by atoms with Gasteiger partial charge in [-0.1, -0.05) is 0 Å². The second kappa shape index (κ2) is 8.11. The molecular weight excluding hydrogens is 312 g/mol. The van der Waals surface area contributed by atoms with Crippen LogP contribution in [-0.4, -0.2) is 33.4 Å². The van der Waals surface area contributed by atoms with Gasteiger partial charge in [-0.3, -0.25) is 0 Å². The van der Waals surface area contributed by atoms with Crippen LogP contribution in [0.2, 0.25) is 0 Å². The number of rotatable bonds is 7. The van der Waals surface area contributed by atoms with Gasteiger partial charge in [0.1, 0.15) is 0 Å². The monoisotopic (exact) mass is 331 g/mol. The molecule has 5 heteroatoms. The topological polar surface area (TPSA) is 0 Å². The van der Waals surface area contributed by atoms with Crippen LogP contribution in [0.5, 0.6) is 0 Å². The van der Waals surface area contributed by atoms with E-state index < -0.39 is 0 Å². The molecule has 0 heterocycles. The van der Waals surface area contributed by atoms with E-state index in [9.17, 15) is 0 Å². The number of alkyl halides is 2. The van der Waals surface area contributed by atoms with E-state index in [2.05, 4.69) is 27.7 Å². The Kier molecular flexibility index (Phi) is 9.15. The fourth-order valence-corrected chi connectivity index (χ4v) is 11.6. The molecule has 0 amide bonds. The van der Waals surface area contributed by atoms with Crippen molar-refractivity contribution in [3.8, 4) is 0 Å². The predicted molar refractivity (Wildman–Crippen MR) is 74.2 cm³/mol. The van der Waals surface area contributed by atoms with E-state index in [1.54, 1.807) is 0 Å². The number of hydrogen-bond donors (Lipinski definition) is 0. The van der Waals surface area contributed by atoms with Gasteiger partial charge >= 0.3 is 116 Å². The van der Waals surface area contributed by atoms with Gasteiger partial charge in [0.25, 0.3) is 0 Å². The average molecular weight is 333 g/mol. The molecule has 1 atom stereocenters. The molecule has 1 unspecified atom stereocenters. The summed E-state index contributed by atoms with van der Waals surface area (Å²) >= 11 is 18.0. The Bertz CT molecular complexity index is 159. The van der Waals surface area contributed by atoms with E-state index in [1.165, 1.54) is 0 Å². The fraction of sp³-hybridized carbons (Fsp3) is 1.00. The van der Waals surface area contributed by atoms with E-state index in [0.29, 0.717) is 0 Å². The van der Waals surface area contributed by atoms with Crippen molar-refractivity contribution in [2.75, 3.05) is 24.6 Å². The summed E-state index contributed by atoms with van der Waals surface area (Å²) in [4.78, 5) is 0. The Balaban J connectivity index is 5.01. The van der Waals surface area contributed by atoms with Gasteiger partial charge < -0.3 is 0 Å². The molecule has 0 aliphatic heterocycles. The summed E-state index contributed by atoms with van der Waals surface area (Å²) < 4.78 is -0.546. The molecule has 0 aromatic rings. The minimum absolute atomic E-state index is 0.224. The Morgan fingerprint density at radius 1 is 1.00 bits per heavy atom. The molecule has 15 heavy (non-hydrogen) atoms. The second-order valence-corrected chi connectivity index (χ2v) is 12.1.